The third kappa shape index (κ3) is 2.45. The highest BCUT2D eigenvalue weighted by atomic mass is 19.1. The molecule has 0 unspecified atom stereocenters. The molecule has 0 saturated carbocycles. The van der Waals surface area contributed by atoms with Crippen molar-refractivity contribution in [1.82, 2.24) is 0 Å². The predicted molar refractivity (Wildman–Crippen MR) is 63.4 cm³/mol. The van der Waals surface area contributed by atoms with E-state index in [1.54, 1.807) is 13.0 Å². The maximum Gasteiger partial charge on any atom is 0.338 e. The van der Waals surface area contributed by atoms with Crippen LogP contribution in [0.15, 0.2) is 30.3 Å². The lowest BCUT2D eigenvalue weighted by atomic mass is 10.0. The molecule has 0 aliphatic carbocycles. The molecule has 2 aromatic carbocycles. The molecule has 0 aliphatic heterocycles. The Hall–Kier alpha value is -2.30. The van der Waals surface area contributed by atoms with Crippen molar-refractivity contribution in [1.29, 1.82) is 0 Å². The molecule has 0 saturated heterocycles. The minimum atomic E-state index is -1.58. The van der Waals surface area contributed by atoms with Gasteiger partial charge in [-0.25, -0.2) is 18.0 Å². The van der Waals surface area contributed by atoms with Crippen molar-refractivity contribution < 1.29 is 23.1 Å². The first-order valence-corrected chi connectivity index (χ1v) is 5.39. The van der Waals surface area contributed by atoms with Crippen molar-refractivity contribution in [2.45, 2.75) is 6.92 Å². The maximum absolute atomic E-state index is 13.8. The van der Waals surface area contributed by atoms with Gasteiger partial charge in [-0.1, -0.05) is 12.1 Å². The lowest BCUT2D eigenvalue weighted by Gasteiger charge is -2.08. The summed E-state index contributed by atoms with van der Waals surface area (Å²) >= 11 is 0. The molecule has 0 fully saturated rings. The van der Waals surface area contributed by atoms with Gasteiger partial charge in [0.05, 0.1) is 5.56 Å². The fourth-order valence-corrected chi connectivity index (χ4v) is 1.76. The van der Waals surface area contributed by atoms with E-state index in [9.17, 15) is 18.0 Å². The van der Waals surface area contributed by atoms with Gasteiger partial charge in [0.2, 0.25) is 0 Å². The van der Waals surface area contributed by atoms with E-state index in [1.807, 2.05) is 0 Å². The van der Waals surface area contributed by atoms with Crippen molar-refractivity contribution in [3.63, 3.8) is 0 Å². The molecule has 0 atom stereocenters. The summed E-state index contributed by atoms with van der Waals surface area (Å²) in [5.74, 6) is -4.36. The summed E-state index contributed by atoms with van der Waals surface area (Å²) in [6.07, 6.45) is 0. The number of benzene rings is 2. The Morgan fingerprint density at radius 3 is 2.16 bits per heavy atom. The highest BCUT2D eigenvalue weighted by Crippen LogP contribution is 2.28. The topological polar surface area (TPSA) is 37.3 Å². The third-order valence-electron chi connectivity index (χ3n) is 2.70. The van der Waals surface area contributed by atoms with Crippen LogP contribution < -0.4 is 0 Å². The minimum Gasteiger partial charge on any atom is -0.478 e. The molecule has 0 bridgehead atoms. The smallest absolute Gasteiger partial charge is 0.338 e. The number of halogens is 3. The van der Waals surface area contributed by atoms with Crippen LogP contribution in [0.3, 0.4) is 0 Å². The van der Waals surface area contributed by atoms with Crippen LogP contribution in [0.4, 0.5) is 13.2 Å². The van der Waals surface area contributed by atoms with E-state index in [0.29, 0.717) is 17.7 Å². The summed E-state index contributed by atoms with van der Waals surface area (Å²) in [5.41, 5.74) is -0.558. The minimum absolute atomic E-state index is 0.112. The predicted octanol–water partition coefficient (Wildman–Crippen LogP) is 3.78. The van der Waals surface area contributed by atoms with Crippen LogP contribution in [-0.2, 0) is 0 Å². The molecule has 98 valence electrons. The Labute approximate surface area is 107 Å². The van der Waals surface area contributed by atoms with Crippen molar-refractivity contribution in [3.05, 3.63) is 58.9 Å². The first kappa shape index (κ1) is 13.1. The van der Waals surface area contributed by atoms with E-state index >= 15 is 0 Å². The molecule has 2 rings (SSSR count). The van der Waals surface area contributed by atoms with Crippen LogP contribution in [0.2, 0.25) is 0 Å². The summed E-state index contributed by atoms with van der Waals surface area (Å²) in [5, 5.41) is 8.66. The average Bonchev–Trinajstić information content (AvgIpc) is 2.32. The SMILES string of the molecule is Cc1ccc(-c2cc(F)c(C(=O)O)cc2F)c(F)c1. The molecule has 0 heterocycles. The molecule has 1 N–H and O–H groups in total. The van der Waals surface area contributed by atoms with Crippen LogP contribution in [0.1, 0.15) is 15.9 Å². The zero-order chi connectivity index (χ0) is 14.2. The van der Waals surface area contributed by atoms with Crippen LogP contribution in [0.25, 0.3) is 11.1 Å². The summed E-state index contributed by atoms with van der Waals surface area (Å²) in [6.45, 7) is 1.66. The van der Waals surface area contributed by atoms with E-state index in [1.165, 1.54) is 12.1 Å². The van der Waals surface area contributed by atoms with Gasteiger partial charge in [-0.2, -0.15) is 0 Å². The molecule has 2 nitrogen and oxygen atoms in total. The highest BCUT2D eigenvalue weighted by Gasteiger charge is 2.17. The average molecular weight is 266 g/mol. The van der Waals surface area contributed by atoms with E-state index < -0.39 is 29.0 Å². The van der Waals surface area contributed by atoms with E-state index in [2.05, 4.69) is 0 Å². The molecule has 2 aromatic rings. The molecular weight excluding hydrogens is 257 g/mol. The van der Waals surface area contributed by atoms with Gasteiger partial charge < -0.3 is 5.11 Å². The van der Waals surface area contributed by atoms with Crippen molar-refractivity contribution >= 4 is 5.97 Å². The lowest BCUT2D eigenvalue weighted by molar-refractivity contribution is 0.0691. The molecule has 19 heavy (non-hydrogen) atoms. The van der Waals surface area contributed by atoms with Crippen molar-refractivity contribution in [2.24, 2.45) is 0 Å². The van der Waals surface area contributed by atoms with Crippen LogP contribution in [0, 0.1) is 24.4 Å². The summed E-state index contributed by atoms with van der Waals surface area (Å²) < 4.78 is 41.0. The molecule has 0 aromatic heterocycles. The highest BCUT2D eigenvalue weighted by molar-refractivity contribution is 5.88. The standard InChI is InChI=1S/C14H9F3O2/c1-7-2-3-8(11(15)4-7)9-5-13(17)10(14(18)19)6-12(9)16/h2-6H,1H3,(H,18,19). The number of hydrogen-bond donors (Lipinski definition) is 1. The molecular formula is C14H9F3O2. The van der Waals surface area contributed by atoms with E-state index in [0.717, 1.165) is 0 Å². The Morgan fingerprint density at radius 1 is 0.947 bits per heavy atom. The van der Waals surface area contributed by atoms with Gasteiger partial charge in [-0.3, -0.25) is 0 Å². The number of carbonyl (C=O) groups is 1. The number of aryl methyl sites for hydroxylation is 1. The number of hydrogen-bond acceptors (Lipinski definition) is 1. The van der Waals surface area contributed by atoms with Crippen LogP contribution in [-0.4, -0.2) is 11.1 Å². The Morgan fingerprint density at radius 2 is 1.58 bits per heavy atom. The molecule has 0 amide bonds. The van der Waals surface area contributed by atoms with E-state index in [-0.39, 0.29) is 11.1 Å². The maximum atomic E-state index is 13.8. The third-order valence-corrected chi connectivity index (χ3v) is 2.70. The second kappa shape index (κ2) is 4.76. The molecule has 0 radical (unpaired) electrons. The zero-order valence-electron chi connectivity index (χ0n) is 9.88. The second-order valence-electron chi connectivity index (χ2n) is 4.10. The van der Waals surface area contributed by atoms with Crippen LogP contribution >= 0.6 is 0 Å². The number of rotatable bonds is 2. The van der Waals surface area contributed by atoms with Gasteiger partial charge in [0.15, 0.2) is 0 Å². The Bertz CT molecular complexity index is 666. The fourth-order valence-electron chi connectivity index (χ4n) is 1.76. The van der Waals surface area contributed by atoms with Gasteiger partial charge in [0.1, 0.15) is 17.5 Å². The van der Waals surface area contributed by atoms with Gasteiger partial charge in [0, 0.05) is 11.1 Å². The van der Waals surface area contributed by atoms with Gasteiger partial charge in [-0.05, 0) is 30.7 Å². The lowest BCUT2D eigenvalue weighted by Crippen LogP contribution is -2.03. The summed E-state index contributed by atoms with van der Waals surface area (Å²) in [4.78, 5) is 10.7. The quantitative estimate of drug-likeness (QED) is 0.898. The largest absolute Gasteiger partial charge is 0.478 e. The van der Waals surface area contributed by atoms with Crippen LogP contribution in [0.5, 0.6) is 0 Å². The molecule has 0 spiro atoms. The van der Waals surface area contributed by atoms with Gasteiger partial charge >= 0.3 is 5.97 Å². The normalized spacial score (nSPS) is 10.5. The number of aromatic carboxylic acids is 1. The first-order valence-electron chi connectivity index (χ1n) is 5.39. The molecule has 5 heteroatoms. The Kier molecular flexibility index (Phi) is 3.29. The fraction of sp³-hybridized carbons (Fsp3) is 0.0714. The van der Waals surface area contributed by atoms with Crippen molar-refractivity contribution in [3.8, 4) is 11.1 Å². The Balaban J connectivity index is 2.63. The molecule has 0 aliphatic rings. The van der Waals surface area contributed by atoms with Gasteiger partial charge in [0.25, 0.3) is 0 Å². The zero-order valence-corrected chi connectivity index (χ0v) is 9.88. The first-order chi connectivity index (χ1) is 8.90. The number of carboxylic acid groups (broad SMARTS) is 1. The van der Waals surface area contributed by atoms with E-state index in [4.69, 9.17) is 5.11 Å². The number of carboxylic acids is 1. The summed E-state index contributed by atoms with van der Waals surface area (Å²) in [6, 6.07) is 5.31. The van der Waals surface area contributed by atoms with Gasteiger partial charge in [-0.15, -0.1) is 0 Å². The summed E-state index contributed by atoms with van der Waals surface area (Å²) in [7, 11) is 0. The second-order valence-corrected chi connectivity index (χ2v) is 4.10. The van der Waals surface area contributed by atoms with Crippen molar-refractivity contribution in [2.75, 3.05) is 0 Å². The monoisotopic (exact) mass is 266 g/mol.